The maximum Gasteiger partial charge on any atom is 0.396 e. The number of hydrogen-bond acceptors (Lipinski definition) is 3. The van der Waals surface area contributed by atoms with Crippen LogP contribution in [0.25, 0.3) is 0 Å². The average molecular weight is 281 g/mol. The first-order valence-electron chi connectivity index (χ1n) is 7.94. The lowest BCUT2D eigenvalue weighted by Crippen LogP contribution is -2.42. The van der Waals surface area contributed by atoms with Crippen molar-refractivity contribution in [3.8, 4) is 0 Å². The van der Waals surface area contributed by atoms with Gasteiger partial charge in [-0.3, -0.25) is 0 Å². The third-order valence-corrected chi connectivity index (χ3v) is 3.61. The Kier molecular flexibility index (Phi) is 8.76. The fraction of sp³-hybridized carbons (Fsp3) is 0.750. The summed E-state index contributed by atoms with van der Waals surface area (Å²) in [6.07, 6.45) is 15.8. The summed E-state index contributed by atoms with van der Waals surface area (Å²) < 4.78 is 6.48. The number of hydrogen-bond donors (Lipinski definition) is 0. The van der Waals surface area contributed by atoms with Crippen molar-refractivity contribution in [2.24, 2.45) is 0 Å². The van der Waals surface area contributed by atoms with E-state index in [1.807, 2.05) is 0 Å². The summed E-state index contributed by atoms with van der Waals surface area (Å²) in [6, 6.07) is 0. The summed E-state index contributed by atoms with van der Waals surface area (Å²) in [5.74, 6) is -1.33. The molecule has 0 saturated carbocycles. The fourth-order valence-corrected chi connectivity index (χ4v) is 2.41. The molecular formula is C16H27NO3. The van der Waals surface area contributed by atoms with Crippen molar-refractivity contribution in [1.29, 1.82) is 0 Å². The van der Waals surface area contributed by atoms with Crippen molar-refractivity contribution in [2.45, 2.75) is 77.7 Å². The van der Waals surface area contributed by atoms with Crippen molar-refractivity contribution in [3.63, 3.8) is 0 Å². The van der Waals surface area contributed by atoms with E-state index in [0.29, 0.717) is 6.54 Å². The molecule has 0 aromatic carbocycles. The highest BCUT2D eigenvalue weighted by Crippen LogP contribution is 2.10. The molecule has 0 spiro atoms. The van der Waals surface area contributed by atoms with E-state index in [4.69, 9.17) is 4.42 Å². The molecule has 1 rings (SSSR count). The highest BCUT2D eigenvalue weighted by molar-refractivity contribution is 5.78. The molecule has 0 radical (unpaired) electrons. The van der Waals surface area contributed by atoms with Crippen LogP contribution in [0.5, 0.6) is 0 Å². The van der Waals surface area contributed by atoms with Crippen LogP contribution in [0.1, 0.15) is 81.8 Å². The van der Waals surface area contributed by atoms with Crippen molar-refractivity contribution in [3.05, 3.63) is 18.4 Å². The molecule has 1 aromatic rings. The number of oxazole rings is 1. The Labute approximate surface area is 121 Å². The van der Waals surface area contributed by atoms with E-state index in [9.17, 15) is 9.90 Å². The molecule has 1 aromatic heterocycles. The van der Waals surface area contributed by atoms with Crippen LogP contribution < -0.4 is 9.67 Å². The summed E-state index contributed by atoms with van der Waals surface area (Å²) in [6.45, 7) is 2.93. The van der Waals surface area contributed by atoms with E-state index in [1.165, 1.54) is 57.6 Å². The van der Waals surface area contributed by atoms with Crippen LogP contribution in [0, 0.1) is 0 Å². The van der Waals surface area contributed by atoms with Gasteiger partial charge in [0.05, 0.1) is 0 Å². The van der Waals surface area contributed by atoms with Gasteiger partial charge in [-0.2, -0.15) is 4.57 Å². The van der Waals surface area contributed by atoms with E-state index < -0.39 is 5.97 Å². The highest BCUT2D eigenvalue weighted by Gasteiger charge is 2.14. The summed E-state index contributed by atoms with van der Waals surface area (Å²) >= 11 is 0. The second-order valence-electron chi connectivity index (χ2n) is 5.37. The van der Waals surface area contributed by atoms with Gasteiger partial charge in [-0.1, -0.05) is 58.3 Å². The number of carboxylic acid groups (broad SMARTS) is 1. The Bertz CT molecular complexity index is 374. The minimum atomic E-state index is -1.25. The van der Waals surface area contributed by atoms with E-state index >= 15 is 0 Å². The Morgan fingerprint density at radius 2 is 1.60 bits per heavy atom. The molecular weight excluding hydrogens is 254 g/mol. The van der Waals surface area contributed by atoms with Gasteiger partial charge in [0.25, 0.3) is 0 Å². The van der Waals surface area contributed by atoms with Crippen LogP contribution in [0.15, 0.2) is 16.9 Å². The summed E-state index contributed by atoms with van der Waals surface area (Å²) in [5, 5.41) is 10.7. The maximum absolute atomic E-state index is 10.7. The molecule has 0 fully saturated rings. The molecule has 0 unspecified atom stereocenters. The summed E-state index contributed by atoms with van der Waals surface area (Å²) in [5.41, 5.74) is 0. The minimum Gasteiger partial charge on any atom is -0.537 e. The van der Waals surface area contributed by atoms with Crippen LogP contribution >= 0.6 is 0 Å². The number of rotatable bonds is 12. The quantitative estimate of drug-likeness (QED) is 0.437. The molecule has 0 aliphatic carbocycles. The lowest BCUT2D eigenvalue weighted by Gasteiger charge is -2.01. The molecule has 0 aliphatic heterocycles. The largest absolute Gasteiger partial charge is 0.537 e. The number of carbonyl (C=O) groups excluding carboxylic acids is 1. The van der Waals surface area contributed by atoms with E-state index in [0.717, 1.165) is 12.8 Å². The number of aryl methyl sites for hydroxylation is 1. The molecule has 1 heterocycles. The molecule has 4 heteroatoms. The van der Waals surface area contributed by atoms with Gasteiger partial charge in [0.1, 0.15) is 0 Å². The molecule has 114 valence electrons. The number of aromatic carboxylic acids is 1. The van der Waals surface area contributed by atoms with E-state index in [1.54, 1.807) is 10.8 Å². The zero-order valence-electron chi connectivity index (χ0n) is 12.6. The second kappa shape index (κ2) is 10.5. The average Bonchev–Trinajstić information content (AvgIpc) is 2.89. The molecule has 4 nitrogen and oxygen atoms in total. The molecule has 0 N–H and O–H groups in total. The summed E-state index contributed by atoms with van der Waals surface area (Å²) in [7, 11) is 0. The van der Waals surface area contributed by atoms with Crippen molar-refractivity contribution in [2.75, 3.05) is 0 Å². The van der Waals surface area contributed by atoms with Crippen molar-refractivity contribution in [1.82, 2.24) is 0 Å². The van der Waals surface area contributed by atoms with Crippen LogP contribution in [-0.2, 0) is 6.54 Å². The van der Waals surface area contributed by atoms with Gasteiger partial charge in [-0.25, -0.2) is 0 Å². The van der Waals surface area contributed by atoms with Gasteiger partial charge in [0, 0.05) is 6.42 Å². The first-order valence-corrected chi connectivity index (χ1v) is 7.94. The third kappa shape index (κ3) is 6.73. The zero-order chi connectivity index (χ0) is 14.6. The summed E-state index contributed by atoms with van der Waals surface area (Å²) in [4.78, 5) is 10.7. The third-order valence-electron chi connectivity index (χ3n) is 3.61. The fourth-order valence-electron chi connectivity index (χ4n) is 2.41. The molecule has 0 bridgehead atoms. The zero-order valence-corrected chi connectivity index (χ0v) is 12.6. The van der Waals surface area contributed by atoms with Crippen LogP contribution in [0.3, 0.4) is 0 Å². The Balaban J connectivity index is 1.97. The number of carboxylic acids is 1. The van der Waals surface area contributed by atoms with Crippen molar-refractivity contribution < 1.29 is 18.9 Å². The van der Waals surface area contributed by atoms with Gasteiger partial charge in [0.2, 0.25) is 6.20 Å². The maximum atomic E-state index is 10.7. The molecule has 0 saturated heterocycles. The predicted octanol–water partition coefficient (Wildman–Crippen LogP) is 2.85. The second-order valence-corrected chi connectivity index (χ2v) is 5.37. The smallest absolute Gasteiger partial charge is 0.396 e. The SMILES string of the molecule is CCCCCCCCCCCC[n+]1ccoc1C(=O)[O-]. The highest BCUT2D eigenvalue weighted by atomic mass is 16.4. The molecule has 0 amide bonds. The Morgan fingerprint density at radius 1 is 1.05 bits per heavy atom. The lowest BCUT2D eigenvalue weighted by atomic mass is 10.1. The number of carbonyl (C=O) groups is 1. The number of nitrogens with zero attached hydrogens (tertiary/aromatic N) is 1. The monoisotopic (exact) mass is 281 g/mol. The van der Waals surface area contributed by atoms with Gasteiger partial charge in [0.15, 0.2) is 18.8 Å². The Hall–Kier alpha value is -1.32. The first kappa shape index (κ1) is 16.7. The number of aromatic nitrogens is 1. The Morgan fingerprint density at radius 3 is 2.15 bits per heavy atom. The topological polar surface area (TPSA) is 57.2 Å². The molecule has 0 aliphatic rings. The van der Waals surface area contributed by atoms with E-state index in [2.05, 4.69) is 6.92 Å². The van der Waals surface area contributed by atoms with Gasteiger partial charge < -0.3 is 14.3 Å². The van der Waals surface area contributed by atoms with Gasteiger partial charge in [-0.15, -0.1) is 0 Å². The number of unbranched alkanes of at least 4 members (excludes halogenated alkanes) is 9. The van der Waals surface area contributed by atoms with Crippen molar-refractivity contribution >= 4 is 5.97 Å². The predicted molar refractivity (Wildman–Crippen MR) is 75.1 cm³/mol. The van der Waals surface area contributed by atoms with Crippen LogP contribution in [-0.4, -0.2) is 5.97 Å². The molecule has 0 atom stereocenters. The normalized spacial score (nSPS) is 10.8. The van der Waals surface area contributed by atoms with Gasteiger partial charge >= 0.3 is 5.89 Å². The standard InChI is InChI=1S/C16H27NO3/c1-2-3-4-5-6-7-8-9-10-11-12-17-13-14-20-15(17)16(18)19/h13-14H,2-12H2,1H3. The van der Waals surface area contributed by atoms with E-state index in [-0.39, 0.29) is 5.89 Å². The molecule has 20 heavy (non-hydrogen) atoms. The van der Waals surface area contributed by atoms with Gasteiger partial charge in [-0.05, 0) is 6.42 Å². The first-order chi connectivity index (χ1) is 9.75. The van der Waals surface area contributed by atoms with Crippen LogP contribution in [0.2, 0.25) is 0 Å². The lowest BCUT2D eigenvalue weighted by molar-refractivity contribution is -0.704. The minimum absolute atomic E-state index is 0.0825. The van der Waals surface area contributed by atoms with Crippen LogP contribution in [0.4, 0.5) is 0 Å².